The minimum atomic E-state index is 0.872. The van der Waals surface area contributed by atoms with Gasteiger partial charge in [-0.05, 0) is 22.9 Å². The van der Waals surface area contributed by atoms with E-state index in [-0.39, 0.29) is 0 Å². The Hall–Kier alpha value is -1.00. The van der Waals surface area contributed by atoms with Crippen molar-refractivity contribution in [3.05, 3.63) is 63.8 Å². The molecule has 1 N–H and O–H groups in total. The number of hydrogen-bond acceptors (Lipinski definition) is 3. The standard InChI is InChI=1S/C17H16ClNS2/c18-17-15-6-2-1-4-13(15)7-8-16(17)21-11-9-19-12-14-5-3-10-20-14/h1-8,10,19H,9,11-12H2. The van der Waals surface area contributed by atoms with Gasteiger partial charge in [0, 0.05) is 34.0 Å². The summed E-state index contributed by atoms with van der Waals surface area (Å²) in [5, 5.41) is 8.78. The largest absolute Gasteiger partial charge is 0.311 e. The first-order chi connectivity index (χ1) is 10.3. The maximum absolute atomic E-state index is 6.50. The molecule has 1 heterocycles. The molecule has 0 spiro atoms. The zero-order valence-electron chi connectivity index (χ0n) is 11.5. The van der Waals surface area contributed by atoms with Crippen LogP contribution in [0.4, 0.5) is 0 Å². The van der Waals surface area contributed by atoms with Gasteiger partial charge in [0.2, 0.25) is 0 Å². The zero-order chi connectivity index (χ0) is 14.5. The lowest BCUT2D eigenvalue weighted by atomic mass is 10.1. The Morgan fingerprint density at radius 1 is 1.05 bits per heavy atom. The van der Waals surface area contributed by atoms with Crippen molar-refractivity contribution in [3.63, 3.8) is 0 Å². The fourth-order valence-corrected chi connectivity index (χ4v) is 4.12. The van der Waals surface area contributed by atoms with Crippen LogP contribution in [0.3, 0.4) is 0 Å². The van der Waals surface area contributed by atoms with Crippen LogP contribution in [-0.2, 0) is 6.54 Å². The average Bonchev–Trinajstić information content (AvgIpc) is 3.03. The summed E-state index contributed by atoms with van der Waals surface area (Å²) >= 11 is 10.1. The van der Waals surface area contributed by atoms with Gasteiger partial charge >= 0.3 is 0 Å². The van der Waals surface area contributed by atoms with Crippen LogP contribution in [0.5, 0.6) is 0 Å². The number of rotatable bonds is 6. The minimum absolute atomic E-state index is 0.872. The Bertz CT molecular complexity index is 710. The average molecular weight is 334 g/mol. The number of thioether (sulfide) groups is 1. The van der Waals surface area contributed by atoms with Crippen molar-refractivity contribution in [1.82, 2.24) is 5.32 Å². The molecular weight excluding hydrogens is 318 g/mol. The molecule has 1 aromatic heterocycles. The van der Waals surface area contributed by atoms with Crippen LogP contribution in [0, 0.1) is 0 Å². The number of halogens is 1. The minimum Gasteiger partial charge on any atom is -0.311 e. The summed E-state index contributed by atoms with van der Waals surface area (Å²) in [7, 11) is 0. The van der Waals surface area contributed by atoms with E-state index in [9.17, 15) is 0 Å². The SMILES string of the molecule is Clc1c(SCCNCc2cccs2)ccc2ccccc12. The van der Waals surface area contributed by atoms with Crippen LogP contribution in [-0.4, -0.2) is 12.3 Å². The molecule has 3 rings (SSSR count). The highest BCUT2D eigenvalue weighted by Gasteiger charge is 2.05. The maximum atomic E-state index is 6.50. The Kier molecular flexibility index (Phi) is 5.20. The molecular formula is C17H16ClNS2. The summed E-state index contributed by atoms with van der Waals surface area (Å²) in [6.07, 6.45) is 0. The molecule has 4 heteroatoms. The van der Waals surface area contributed by atoms with Crippen LogP contribution in [0.2, 0.25) is 5.02 Å². The molecule has 0 aliphatic rings. The number of hydrogen-bond donors (Lipinski definition) is 1. The predicted octanol–water partition coefficient (Wildman–Crippen LogP) is 5.44. The van der Waals surface area contributed by atoms with Crippen molar-refractivity contribution in [2.24, 2.45) is 0 Å². The van der Waals surface area contributed by atoms with Crippen molar-refractivity contribution in [2.75, 3.05) is 12.3 Å². The first-order valence-corrected chi connectivity index (χ1v) is 9.12. The fraction of sp³-hybridized carbons (Fsp3) is 0.176. The Morgan fingerprint density at radius 2 is 1.95 bits per heavy atom. The van der Waals surface area contributed by atoms with E-state index in [4.69, 9.17) is 11.6 Å². The normalized spacial score (nSPS) is 11.1. The first kappa shape index (κ1) is 14.9. The van der Waals surface area contributed by atoms with E-state index < -0.39 is 0 Å². The van der Waals surface area contributed by atoms with Gasteiger partial charge in [0.1, 0.15) is 0 Å². The van der Waals surface area contributed by atoms with Crippen LogP contribution in [0.15, 0.2) is 58.8 Å². The molecule has 0 atom stereocenters. The van der Waals surface area contributed by atoms with Crippen LogP contribution >= 0.6 is 34.7 Å². The van der Waals surface area contributed by atoms with Gasteiger partial charge in [-0.2, -0.15) is 0 Å². The molecule has 0 unspecified atom stereocenters. The second-order valence-electron chi connectivity index (χ2n) is 4.70. The smallest absolute Gasteiger partial charge is 0.0620 e. The molecule has 0 saturated heterocycles. The summed E-state index contributed by atoms with van der Waals surface area (Å²) in [6, 6.07) is 16.8. The lowest BCUT2D eigenvalue weighted by Gasteiger charge is -2.08. The van der Waals surface area contributed by atoms with Gasteiger partial charge in [-0.15, -0.1) is 23.1 Å². The van der Waals surface area contributed by atoms with Gasteiger partial charge in [0.15, 0.2) is 0 Å². The summed E-state index contributed by atoms with van der Waals surface area (Å²) in [4.78, 5) is 2.54. The Labute approximate surface area is 138 Å². The highest BCUT2D eigenvalue weighted by molar-refractivity contribution is 7.99. The van der Waals surface area contributed by atoms with Gasteiger partial charge in [0.05, 0.1) is 5.02 Å². The maximum Gasteiger partial charge on any atom is 0.0620 e. The van der Waals surface area contributed by atoms with Crippen LogP contribution in [0.25, 0.3) is 10.8 Å². The highest BCUT2D eigenvalue weighted by atomic mass is 35.5. The number of nitrogens with one attached hydrogen (secondary N) is 1. The molecule has 0 fully saturated rings. The second kappa shape index (κ2) is 7.32. The summed E-state index contributed by atoms with van der Waals surface area (Å²) in [5.74, 6) is 1.02. The Balaban J connectivity index is 1.54. The van der Waals surface area contributed by atoms with E-state index in [2.05, 4.69) is 47.1 Å². The molecule has 108 valence electrons. The first-order valence-electron chi connectivity index (χ1n) is 6.88. The predicted molar refractivity (Wildman–Crippen MR) is 95.7 cm³/mol. The molecule has 21 heavy (non-hydrogen) atoms. The third kappa shape index (κ3) is 3.80. The third-order valence-electron chi connectivity index (χ3n) is 3.24. The molecule has 1 nitrogen and oxygen atoms in total. The van der Waals surface area contributed by atoms with E-state index in [1.165, 1.54) is 10.3 Å². The second-order valence-corrected chi connectivity index (χ2v) is 7.25. The van der Waals surface area contributed by atoms with Crippen molar-refractivity contribution < 1.29 is 0 Å². The van der Waals surface area contributed by atoms with E-state index in [0.29, 0.717) is 0 Å². The summed E-state index contributed by atoms with van der Waals surface area (Å²) < 4.78 is 0. The van der Waals surface area contributed by atoms with E-state index in [1.54, 1.807) is 11.3 Å². The van der Waals surface area contributed by atoms with Gasteiger partial charge in [-0.25, -0.2) is 0 Å². The van der Waals surface area contributed by atoms with Crippen LogP contribution in [0.1, 0.15) is 4.88 Å². The Morgan fingerprint density at radius 3 is 2.81 bits per heavy atom. The van der Waals surface area contributed by atoms with E-state index >= 15 is 0 Å². The lowest BCUT2D eigenvalue weighted by Crippen LogP contribution is -2.15. The molecule has 0 aliphatic carbocycles. The van der Waals surface area contributed by atoms with Crippen LogP contribution < -0.4 is 5.32 Å². The van der Waals surface area contributed by atoms with Crippen molar-refractivity contribution in [2.45, 2.75) is 11.4 Å². The number of fused-ring (bicyclic) bond motifs is 1. The van der Waals surface area contributed by atoms with E-state index in [0.717, 1.165) is 34.1 Å². The highest BCUT2D eigenvalue weighted by Crippen LogP contribution is 2.33. The van der Waals surface area contributed by atoms with Gasteiger partial charge in [-0.1, -0.05) is 48.0 Å². The molecule has 0 aliphatic heterocycles. The molecule has 0 saturated carbocycles. The molecule has 2 aromatic carbocycles. The number of thiophene rings is 1. The quantitative estimate of drug-likeness (QED) is 0.476. The zero-order valence-corrected chi connectivity index (χ0v) is 13.9. The summed E-state index contributed by atoms with van der Waals surface area (Å²) in [6.45, 7) is 1.93. The molecule has 0 radical (unpaired) electrons. The van der Waals surface area contributed by atoms with Crippen molar-refractivity contribution >= 4 is 45.5 Å². The molecule has 0 bridgehead atoms. The van der Waals surface area contributed by atoms with Gasteiger partial charge < -0.3 is 5.32 Å². The van der Waals surface area contributed by atoms with Gasteiger partial charge in [0.25, 0.3) is 0 Å². The molecule has 3 aromatic rings. The molecule has 0 amide bonds. The summed E-state index contributed by atoms with van der Waals surface area (Å²) in [5.41, 5.74) is 0. The van der Waals surface area contributed by atoms with Gasteiger partial charge in [-0.3, -0.25) is 0 Å². The number of benzene rings is 2. The fourth-order valence-electron chi connectivity index (χ4n) is 2.18. The van der Waals surface area contributed by atoms with Crippen molar-refractivity contribution in [1.29, 1.82) is 0 Å². The topological polar surface area (TPSA) is 12.0 Å². The monoisotopic (exact) mass is 333 g/mol. The lowest BCUT2D eigenvalue weighted by molar-refractivity contribution is 0.741. The third-order valence-corrected chi connectivity index (χ3v) is 5.70. The van der Waals surface area contributed by atoms with Crippen molar-refractivity contribution in [3.8, 4) is 0 Å². The van der Waals surface area contributed by atoms with E-state index in [1.807, 2.05) is 23.9 Å².